The summed E-state index contributed by atoms with van der Waals surface area (Å²) in [5.74, 6) is 0.307. The number of thioether (sulfide) groups is 1. The maximum atomic E-state index is 12.9. The average Bonchev–Trinajstić information content (AvgIpc) is 2.81. The maximum absolute atomic E-state index is 12.9. The summed E-state index contributed by atoms with van der Waals surface area (Å²) in [6.45, 7) is -0.179. The summed E-state index contributed by atoms with van der Waals surface area (Å²) in [5.41, 5.74) is 3.77. The van der Waals surface area contributed by atoms with Crippen molar-refractivity contribution in [2.75, 3.05) is 17.7 Å². The molecule has 3 aromatic rings. The van der Waals surface area contributed by atoms with E-state index < -0.39 is 0 Å². The van der Waals surface area contributed by atoms with Crippen molar-refractivity contribution in [3.63, 3.8) is 0 Å². The van der Waals surface area contributed by atoms with Crippen molar-refractivity contribution in [3.8, 4) is 5.75 Å². The first-order valence-electron chi connectivity index (χ1n) is 9.86. The largest absolute Gasteiger partial charge is 0.484 e. The molecule has 0 saturated carbocycles. The second kappa shape index (κ2) is 12.3. The molecule has 3 aromatic carbocycles. The number of carbonyl (C=O) groups excluding carboxylic acids is 2. The van der Waals surface area contributed by atoms with E-state index in [-0.39, 0.29) is 24.2 Å². The molecule has 32 heavy (non-hydrogen) atoms. The van der Waals surface area contributed by atoms with Gasteiger partial charge < -0.3 is 10.1 Å². The summed E-state index contributed by atoms with van der Waals surface area (Å²) in [6.07, 6.45) is 1.90. The van der Waals surface area contributed by atoms with Gasteiger partial charge in [0.05, 0.1) is 6.21 Å². The summed E-state index contributed by atoms with van der Waals surface area (Å²) in [6, 6.07) is 22.3. The predicted molar refractivity (Wildman–Crippen MR) is 124 cm³/mol. The number of halogens is 1. The molecule has 0 radical (unpaired) electrons. The van der Waals surface area contributed by atoms with Crippen LogP contribution in [0.4, 0.5) is 10.1 Å². The first-order chi connectivity index (χ1) is 15.6. The number of hydrogen-bond acceptors (Lipinski definition) is 5. The van der Waals surface area contributed by atoms with Crippen molar-refractivity contribution in [1.82, 2.24) is 5.43 Å². The molecule has 2 amide bonds. The Morgan fingerprint density at radius 3 is 2.38 bits per heavy atom. The molecule has 0 aliphatic heterocycles. The Morgan fingerprint density at radius 2 is 1.66 bits per heavy atom. The Morgan fingerprint density at radius 1 is 0.938 bits per heavy atom. The van der Waals surface area contributed by atoms with Crippen LogP contribution in [0.3, 0.4) is 0 Å². The molecule has 0 bridgehead atoms. The highest BCUT2D eigenvalue weighted by molar-refractivity contribution is 7.99. The highest BCUT2D eigenvalue weighted by atomic mass is 32.2. The normalized spacial score (nSPS) is 10.7. The van der Waals surface area contributed by atoms with E-state index in [2.05, 4.69) is 15.8 Å². The summed E-state index contributed by atoms with van der Waals surface area (Å²) in [7, 11) is 0. The minimum atomic E-state index is -0.371. The molecule has 0 heterocycles. The number of anilines is 1. The van der Waals surface area contributed by atoms with Crippen LogP contribution in [0.25, 0.3) is 0 Å². The third-order valence-electron chi connectivity index (χ3n) is 4.12. The lowest BCUT2D eigenvalue weighted by molar-refractivity contribution is -0.120. The van der Waals surface area contributed by atoms with Gasteiger partial charge in [0.1, 0.15) is 11.6 Å². The SMILES string of the molecule is O=C(CCSc1ccccc1)N/N=C/c1ccc(OCC(=O)Nc2ccc(F)cc2)cc1. The van der Waals surface area contributed by atoms with Crippen LogP contribution >= 0.6 is 11.8 Å². The molecule has 0 fully saturated rings. The number of carbonyl (C=O) groups is 2. The molecular formula is C24H22FN3O3S. The molecule has 0 unspecified atom stereocenters. The van der Waals surface area contributed by atoms with Crippen LogP contribution in [0.1, 0.15) is 12.0 Å². The molecule has 3 rings (SSSR count). The van der Waals surface area contributed by atoms with Crippen molar-refractivity contribution < 1.29 is 18.7 Å². The molecule has 0 aromatic heterocycles. The molecule has 0 aliphatic rings. The monoisotopic (exact) mass is 451 g/mol. The molecule has 0 spiro atoms. The van der Waals surface area contributed by atoms with Crippen LogP contribution in [-0.2, 0) is 9.59 Å². The molecule has 0 atom stereocenters. The van der Waals surface area contributed by atoms with Gasteiger partial charge >= 0.3 is 0 Å². The van der Waals surface area contributed by atoms with Crippen LogP contribution in [0.5, 0.6) is 5.75 Å². The fourth-order valence-corrected chi connectivity index (χ4v) is 3.42. The van der Waals surface area contributed by atoms with Crippen LogP contribution in [-0.4, -0.2) is 30.4 Å². The lowest BCUT2D eigenvalue weighted by atomic mass is 10.2. The van der Waals surface area contributed by atoms with E-state index in [4.69, 9.17) is 4.74 Å². The van der Waals surface area contributed by atoms with Gasteiger partial charge in [-0.1, -0.05) is 18.2 Å². The second-order valence-electron chi connectivity index (χ2n) is 6.62. The Bertz CT molecular complexity index is 1040. The van der Waals surface area contributed by atoms with Gasteiger partial charge in [-0.2, -0.15) is 5.10 Å². The van der Waals surface area contributed by atoms with Gasteiger partial charge in [0, 0.05) is 22.8 Å². The molecule has 6 nitrogen and oxygen atoms in total. The lowest BCUT2D eigenvalue weighted by Gasteiger charge is -2.07. The fraction of sp³-hybridized carbons (Fsp3) is 0.125. The van der Waals surface area contributed by atoms with Gasteiger partial charge in [0.2, 0.25) is 5.91 Å². The van der Waals surface area contributed by atoms with Crippen LogP contribution < -0.4 is 15.5 Å². The van der Waals surface area contributed by atoms with Crippen molar-refractivity contribution in [2.45, 2.75) is 11.3 Å². The molecule has 0 aliphatic carbocycles. The smallest absolute Gasteiger partial charge is 0.262 e. The Balaban J connectivity index is 1.35. The maximum Gasteiger partial charge on any atom is 0.262 e. The third-order valence-corrected chi connectivity index (χ3v) is 5.14. The number of hydrogen-bond donors (Lipinski definition) is 2. The summed E-state index contributed by atoms with van der Waals surface area (Å²) < 4.78 is 18.3. The fourth-order valence-electron chi connectivity index (χ4n) is 2.54. The number of rotatable bonds is 10. The van der Waals surface area contributed by atoms with Gasteiger partial charge in [-0.25, -0.2) is 9.82 Å². The molecule has 164 valence electrons. The van der Waals surface area contributed by atoms with Crippen LogP contribution in [0.15, 0.2) is 88.9 Å². The first-order valence-corrected chi connectivity index (χ1v) is 10.8. The van der Waals surface area contributed by atoms with E-state index in [0.29, 0.717) is 23.6 Å². The van der Waals surface area contributed by atoms with E-state index in [1.807, 2.05) is 30.3 Å². The summed E-state index contributed by atoms with van der Waals surface area (Å²) in [4.78, 5) is 24.9. The zero-order valence-corrected chi connectivity index (χ0v) is 18.0. The third kappa shape index (κ3) is 8.23. The Kier molecular flexibility index (Phi) is 8.82. The number of ether oxygens (including phenoxy) is 1. The average molecular weight is 452 g/mol. The van der Waals surface area contributed by atoms with Crippen LogP contribution in [0.2, 0.25) is 0 Å². The summed E-state index contributed by atoms with van der Waals surface area (Å²) in [5, 5.41) is 6.58. The van der Waals surface area contributed by atoms with Gasteiger partial charge in [0.15, 0.2) is 6.61 Å². The number of nitrogens with one attached hydrogen (secondary N) is 2. The number of hydrazone groups is 1. The van der Waals surface area contributed by atoms with Crippen molar-refractivity contribution in [1.29, 1.82) is 0 Å². The molecular weight excluding hydrogens is 429 g/mol. The van der Waals surface area contributed by atoms with Gasteiger partial charge in [0.25, 0.3) is 5.91 Å². The van der Waals surface area contributed by atoms with Gasteiger partial charge in [-0.3, -0.25) is 9.59 Å². The van der Waals surface area contributed by atoms with E-state index >= 15 is 0 Å². The lowest BCUT2D eigenvalue weighted by Crippen LogP contribution is -2.20. The molecule has 8 heteroatoms. The predicted octanol–water partition coefficient (Wildman–Crippen LogP) is 4.48. The highest BCUT2D eigenvalue weighted by Gasteiger charge is 2.04. The molecule has 0 saturated heterocycles. The first kappa shape index (κ1) is 23.0. The standard InChI is InChI=1S/C24H22FN3O3S/c25-19-8-10-20(11-9-19)27-24(30)17-31-21-12-6-18(7-13-21)16-26-28-23(29)14-15-32-22-4-2-1-3-5-22/h1-13,16H,14-15,17H2,(H,27,30)(H,28,29)/b26-16+. The Hall–Kier alpha value is -3.65. The van der Waals surface area contributed by atoms with Crippen molar-refractivity contribution in [2.24, 2.45) is 5.10 Å². The number of nitrogens with zero attached hydrogens (tertiary/aromatic N) is 1. The minimum Gasteiger partial charge on any atom is -0.484 e. The Labute approximate surface area is 189 Å². The number of amides is 2. The summed E-state index contributed by atoms with van der Waals surface area (Å²) >= 11 is 1.62. The zero-order chi connectivity index (χ0) is 22.6. The minimum absolute atomic E-state index is 0.156. The number of benzene rings is 3. The van der Waals surface area contributed by atoms with E-state index in [1.54, 1.807) is 36.0 Å². The van der Waals surface area contributed by atoms with Crippen molar-refractivity contribution >= 4 is 35.5 Å². The highest BCUT2D eigenvalue weighted by Crippen LogP contribution is 2.17. The quantitative estimate of drug-likeness (QED) is 0.271. The van der Waals surface area contributed by atoms with Crippen LogP contribution in [0, 0.1) is 5.82 Å². The van der Waals surface area contributed by atoms with E-state index in [0.717, 1.165) is 10.5 Å². The van der Waals surface area contributed by atoms with Gasteiger partial charge in [-0.05, 0) is 66.2 Å². The van der Waals surface area contributed by atoms with Crippen molar-refractivity contribution in [3.05, 3.63) is 90.2 Å². The molecule has 2 N–H and O–H groups in total. The van der Waals surface area contributed by atoms with E-state index in [1.165, 1.54) is 30.5 Å². The van der Waals surface area contributed by atoms with Gasteiger partial charge in [-0.15, -0.1) is 11.8 Å². The topological polar surface area (TPSA) is 79.8 Å². The second-order valence-corrected chi connectivity index (χ2v) is 7.79. The van der Waals surface area contributed by atoms with E-state index in [9.17, 15) is 14.0 Å². The zero-order valence-electron chi connectivity index (χ0n) is 17.2.